The molecule has 0 spiro atoms. The summed E-state index contributed by atoms with van der Waals surface area (Å²) in [6.45, 7) is 7.47. The average molecular weight is 508 g/mol. The summed E-state index contributed by atoms with van der Waals surface area (Å²) in [6.07, 6.45) is 1.16. The molecule has 186 valence electrons. The Bertz CT molecular complexity index is 1090. The van der Waals surface area contributed by atoms with Gasteiger partial charge in [-0.2, -0.15) is 4.31 Å². The van der Waals surface area contributed by atoms with E-state index in [1.807, 2.05) is 52.0 Å². The number of amides is 2. The van der Waals surface area contributed by atoms with Crippen LogP contribution in [0, 0.1) is 6.92 Å². The van der Waals surface area contributed by atoms with Gasteiger partial charge in [-0.25, -0.2) is 8.42 Å². The van der Waals surface area contributed by atoms with Gasteiger partial charge in [0.15, 0.2) is 0 Å². The predicted octanol–water partition coefficient (Wildman–Crippen LogP) is 3.99. The molecule has 0 aliphatic carbocycles. The fraction of sp³-hybridized carbons (Fsp3) is 0.440. The van der Waals surface area contributed by atoms with Crippen molar-refractivity contribution in [2.75, 3.05) is 13.6 Å². The molecule has 7 nitrogen and oxygen atoms in total. The van der Waals surface area contributed by atoms with Crippen LogP contribution >= 0.6 is 11.6 Å². The Hall–Kier alpha value is -2.42. The summed E-state index contributed by atoms with van der Waals surface area (Å²) < 4.78 is 27.0. The van der Waals surface area contributed by atoms with Gasteiger partial charge in [0, 0.05) is 24.7 Å². The molecule has 9 heteroatoms. The highest BCUT2D eigenvalue weighted by molar-refractivity contribution is 7.89. The first-order valence-corrected chi connectivity index (χ1v) is 13.2. The van der Waals surface area contributed by atoms with Crippen molar-refractivity contribution in [1.82, 2.24) is 14.5 Å². The van der Waals surface area contributed by atoms with Gasteiger partial charge in [0.05, 0.1) is 11.4 Å². The molecule has 34 heavy (non-hydrogen) atoms. The minimum Gasteiger partial charge on any atom is -0.352 e. The molecule has 0 unspecified atom stereocenters. The quantitative estimate of drug-likeness (QED) is 0.498. The summed E-state index contributed by atoms with van der Waals surface area (Å²) >= 11 is 5.88. The van der Waals surface area contributed by atoms with E-state index in [2.05, 4.69) is 5.32 Å². The molecule has 0 heterocycles. The van der Waals surface area contributed by atoms with E-state index >= 15 is 0 Å². The van der Waals surface area contributed by atoms with E-state index in [1.54, 1.807) is 0 Å². The van der Waals surface area contributed by atoms with Crippen molar-refractivity contribution in [3.8, 4) is 0 Å². The summed E-state index contributed by atoms with van der Waals surface area (Å²) in [5.41, 5.74) is 1.90. The van der Waals surface area contributed by atoms with Crippen LogP contribution in [-0.4, -0.2) is 55.1 Å². The third-order valence-electron chi connectivity index (χ3n) is 5.70. The number of sulfonamides is 1. The number of aryl methyl sites for hydroxylation is 1. The van der Waals surface area contributed by atoms with Crippen molar-refractivity contribution in [3.05, 3.63) is 64.7 Å². The first-order valence-electron chi connectivity index (χ1n) is 11.4. The number of hydrogen-bond donors (Lipinski definition) is 1. The number of carbonyl (C=O) groups excluding carboxylic acids is 2. The standard InChI is InChI=1S/C25H34ClN3O4S/c1-6-19(4)27-25(31)23(7-2)29(16-20-10-8-9-18(3)15-20)24(30)17-28(5)34(32,33)22-13-11-21(26)12-14-22/h8-15,19,23H,6-7,16-17H2,1-5H3,(H,27,31)/t19-,23+/m0/s1. The molecule has 0 saturated carbocycles. The smallest absolute Gasteiger partial charge is 0.243 e. The number of nitrogens with one attached hydrogen (secondary N) is 1. The number of nitrogens with zero attached hydrogens (tertiary/aromatic N) is 2. The Balaban J connectivity index is 2.33. The van der Waals surface area contributed by atoms with Crippen molar-refractivity contribution in [2.24, 2.45) is 0 Å². The average Bonchev–Trinajstić information content (AvgIpc) is 2.79. The molecule has 0 aromatic heterocycles. The highest BCUT2D eigenvalue weighted by Crippen LogP contribution is 2.19. The molecule has 2 amide bonds. The van der Waals surface area contributed by atoms with Crippen LogP contribution in [0.3, 0.4) is 0 Å². The minimum absolute atomic E-state index is 0.0366. The lowest BCUT2D eigenvalue weighted by Gasteiger charge is -2.32. The number of rotatable bonds is 11. The molecule has 0 bridgehead atoms. The Labute approximate surface area is 208 Å². The van der Waals surface area contributed by atoms with E-state index in [4.69, 9.17) is 11.6 Å². The van der Waals surface area contributed by atoms with Crippen molar-refractivity contribution in [1.29, 1.82) is 0 Å². The van der Waals surface area contributed by atoms with E-state index in [9.17, 15) is 18.0 Å². The molecular formula is C25H34ClN3O4S. The highest BCUT2D eigenvalue weighted by Gasteiger charge is 2.32. The number of likely N-dealkylation sites (N-methyl/N-ethyl adjacent to an activating group) is 1. The van der Waals surface area contributed by atoms with Gasteiger partial charge in [-0.15, -0.1) is 0 Å². The van der Waals surface area contributed by atoms with Gasteiger partial charge in [0.25, 0.3) is 0 Å². The fourth-order valence-corrected chi connectivity index (χ4v) is 4.77. The highest BCUT2D eigenvalue weighted by atomic mass is 35.5. The second kappa shape index (κ2) is 12.3. The summed E-state index contributed by atoms with van der Waals surface area (Å²) in [7, 11) is -2.56. The Morgan fingerprint density at radius 3 is 2.26 bits per heavy atom. The molecular weight excluding hydrogens is 474 g/mol. The first kappa shape index (κ1) is 27.8. The topological polar surface area (TPSA) is 86.8 Å². The zero-order chi connectivity index (χ0) is 25.5. The van der Waals surface area contributed by atoms with Gasteiger partial charge in [0.1, 0.15) is 6.04 Å². The third kappa shape index (κ3) is 7.29. The van der Waals surface area contributed by atoms with E-state index in [0.29, 0.717) is 11.4 Å². The number of benzene rings is 2. The van der Waals surface area contributed by atoms with Gasteiger partial charge >= 0.3 is 0 Å². The number of carbonyl (C=O) groups is 2. The lowest BCUT2D eigenvalue weighted by molar-refractivity contribution is -0.141. The molecule has 0 fully saturated rings. The molecule has 2 aromatic rings. The van der Waals surface area contributed by atoms with Crippen molar-refractivity contribution in [3.63, 3.8) is 0 Å². The summed E-state index contributed by atoms with van der Waals surface area (Å²) in [6, 6.07) is 12.7. The van der Waals surface area contributed by atoms with E-state index in [1.165, 1.54) is 36.2 Å². The van der Waals surface area contributed by atoms with Crippen LogP contribution in [-0.2, 0) is 26.2 Å². The maximum atomic E-state index is 13.5. The van der Waals surface area contributed by atoms with Gasteiger partial charge in [-0.3, -0.25) is 9.59 Å². The van der Waals surface area contributed by atoms with Crippen molar-refractivity contribution < 1.29 is 18.0 Å². The number of hydrogen-bond acceptors (Lipinski definition) is 4. The Morgan fingerprint density at radius 1 is 1.06 bits per heavy atom. The SMILES string of the molecule is CC[C@H](C(=O)N[C@@H](C)CC)N(Cc1cccc(C)c1)C(=O)CN(C)S(=O)(=O)c1ccc(Cl)cc1. The second-order valence-electron chi connectivity index (χ2n) is 8.47. The summed E-state index contributed by atoms with van der Waals surface area (Å²) in [5, 5.41) is 3.37. The molecule has 0 aliphatic heterocycles. The maximum Gasteiger partial charge on any atom is 0.243 e. The van der Waals surface area contributed by atoms with Crippen molar-refractivity contribution in [2.45, 2.75) is 64.1 Å². The summed E-state index contributed by atoms with van der Waals surface area (Å²) in [4.78, 5) is 28.0. The van der Waals surface area contributed by atoms with E-state index < -0.39 is 28.5 Å². The van der Waals surface area contributed by atoms with Crippen LogP contribution in [0.15, 0.2) is 53.4 Å². The molecule has 2 aromatic carbocycles. The van der Waals surface area contributed by atoms with Gasteiger partial charge in [-0.1, -0.05) is 55.3 Å². The molecule has 0 saturated heterocycles. The Kier molecular flexibility index (Phi) is 10.1. The lowest BCUT2D eigenvalue weighted by atomic mass is 10.1. The van der Waals surface area contributed by atoms with Crippen LogP contribution in [0.2, 0.25) is 5.02 Å². The van der Waals surface area contributed by atoms with Gasteiger partial charge in [0.2, 0.25) is 21.8 Å². The molecule has 0 radical (unpaired) electrons. The maximum absolute atomic E-state index is 13.5. The largest absolute Gasteiger partial charge is 0.352 e. The van der Waals surface area contributed by atoms with Crippen LogP contribution in [0.5, 0.6) is 0 Å². The minimum atomic E-state index is -3.91. The number of halogens is 1. The molecule has 2 atom stereocenters. The zero-order valence-corrected chi connectivity index (χ0v) is 22.0. The van der Waals surface area contributed by atoms with Crippen LogP contribution in [0.25, 0.3) is 0 Å². The fourth-order valence-electron chi connectivity index (χ4n) is 3.52. The molecule has 0 aliphatic rings. The van der Waals surface area contributed by atoms with Crippen molar-refractivity contribution >= 4 is 33.4 Å². The third-order valence-corrected chi connectivity index (χ3v) is 7.77. The van der Waals surface area contributed by atoms with E-state index in [0.717, 1.165) is 21.9 Å². The Morgan fingerprint density at radius 2 is 1.71 bits per heavy atom. The van der Waals surface area contributed by atoms with Gasteiger partial charge < -0.3 is 10.2 Å². The molecule has 2 rings (SSSR count). The monoisotopic (exact) mass is 507 g/mol. The van der Waals surface area contributed by atoms with Gasteiger partial charge in [-0.05, 0) is 56.5 Å². The lowest BCUT2D eigenvalue weighted by Crippen LogP contribution is -2.53. The zero-order valence-electron chi connectivity index (χ0n) is 20.4. The summed E-state index contributed by atoms with van der Waals surface area (Å²) in [5.74, 6) is -0.700. The van der Waals surface area contributed by atoms with Crippen LogP contribution in [0.1, 0.15) is 44.7 Å². The van der Waals surface area contributed by atoms with Crippen LogP contribution in [0.4, 0.5) is 0 Å². The molecule has 1 N–H and O–H groups in total. The first-order chi connectivity index (χ1) is 16.0. The second-order valence-corrected chi connectivity index (χ2v) is 10.9. The predicted molar refractivity (Wildman–Crippen MR) is 135 cm³/mol. The van der Waals surface area contributed by atoms with E-state index in [-0.39, 0.29) is 23.4 Å². The normalized spacial score (nSPS) is 13.4. The van der Waals surface area contributed by atoms with Crippen LogP contribution < -0.4 is 5.32 Å².